The Bertz CT molecular complexity index is 2630. The van der Waals surface area contributed by atoms with Gasteiger partial charge < -0.3 is 4.74 Å². The lowest BCUT2D eigenvalue weighted by molar-refractivity contribution is 0.0974. The number of hydrogen-bond acceptors (Lipinski definition) is 7. The zero-order valence-electron chi connectivity index (χ0n) is 30.8. The first kappa shape index (κ1) is 36.5. The molecular weight excluding hydrogens is 689 g/mol. The van der Waals surface area contributed by atoms with E-state index in [1.54, 1.807) is 60.7 Å². The van der Waals surface area contributed by atoms with E-state index in [4.69, 9.17) is 4.74 Å². The zero-order chi connectivity index (χ0) is 39.0. The predicted molar refractivity (Wildman–Crippen MR) is 211 cm³/mol. The third kappa shape index (κ3) is 6.65. The SMILES string of the molecule is CC(=O)c1cccc(CC(=O)c2cccc3c2C(=O)c2ccccc2-3)c1C.COc1ccc(C(C)=O)cc1CC(=O)c1cccc2c1C(=O)c1ccccc1-2. The summed E-state index contributed by atoms with van der Waals surface area (Å²) in [7, 11) is 1.52. The van der Waals surface area contributed by atoms with Gasteiger partial charge in [0.05, 0.1) is 7.11 Å². The molecule has 8 rings (SSSR count). The number of benzene rings is 6. The van der Waals surface area contributed by atoms with Crippen LogP contribution in [-0.4, -0.2) is 41.8 Å². The van der Waals surface area contributed by atoms with E-state index in [1.165, 1.54) is 21.0 Å². The van der Waals surface area contributed by atoms with Crippen molar-refractivity contribution in [3.63, 3.8) is 0 Å². The molecule has 2 aliphatic rings. The van der Waals surface area contributed by atoms with Gasteiger partial charge in [0.15, 0.2) is 34.7 Å². The first-order valence-electron chi connectivity index (χ1n) is 17.9. The van der Waals surface area contributed by atoms with E-state index in [0.717, 1.165) is 33.4 Å². The van der Waals surface area contributed by atoms with Crippen molar-refractivity contribution in [1.29, 1.82) is 0 Å². The molecule has 270 valence electrons. The maximum absolute atomic E-state index is 13.1. The molecule has 0 N–H and O–H groups in total. The lowest BCUT2D eigenvalue weighted by atomic mass is 9.91. The molecule has 0 radical (unpaired) electrons. The van der Waals surface area contributed by atoms with Gasteiger partial charge in [0.2, 0.25) is 0 Å². The summed E-state index contributed by atoms with van der Waals surface area (Å²) in [5.41, 5.74) is 9.79. The molecule has 0 saturated carbocycles. The normalized spacial score (nSPS) is 11.8. The van der Waals surface area contributed by atoms with E-state index >= 15 is 0 Å². The van der Waals surface area contributed by atoms with Gasteiger partial charge in [-0.25, -0.2) is 0 Å². The molecule has 0 unspecified atom stereocenters. The predicted octanol–water partition coefficient (Wildman–Crippen LogP) is 9.37. The van der Waals surface area contributed by atoms with Crippen LogP contribution in [0.2, 0.25) is 0 Å². The van der Waals surface area contributed by atoms with Crippen molar-refractivity contribution in [2.75, 3.05) is 7.11 Å². The second kappa shape index (κ2) is 14.9. The summed E-state index contributed by atoms with van der Waals surface area (Å²) in [5.74, 6) is -0.0808. The Balaban J connectivity index is 0.000000169. The minimum Gasteiger partial charge on any atom is -0.496 e. The maximum atomic E-state index is 13.1. The number of ketones is 6. The molecule has 6 aromatic rings. The van der Waals surface area contributed by atoms with Crippen LogP contribution in [-0.2, 0) is 12.8 Å². The van der Waals surface area contributed by atoms with Crippen LogP contribution in [0.3, 0.4) is 0 Å². The van der Waals surface area contributed by atoms with E-state index in [1.807, 2.05) is 67.6 Å². The van der Waals surface area contributed by atoms with Gasteiger partial charge in [-0.05, 0) is 72.4 Å². The summed E-state index contributed by atoms with van der Waals surface area (Å²) in [4.78, 5) is 75.5. The standard InChI is InChI=1S/C24H18O4.C24H18O3/c1-14(25)15-10-11-22(28-2)16(12-15)13-21(26)20-9-5-8-18-17-6-3-4-7-19(17)24(27)23(18)20;1-14-16(7-5-10-17(14)15(2)25)13-22(26)21-12-6-11-19-18-8-3-4-9-20(18)24(27)23(19)21/h3-12H,13H2,1-2H3;3-12H,13H2,1-2H3. The minimum absolute atomic E-state index is 0.0203. The molecule has 6 aromatic carbocycles. The van der Waals surface area contributed by atoms with E-state index in [2.05, 4.69) is 0 Å². The average molecular weight is 725 g/mol. The average Bonchev–Trinajstić information content (AvgIpc) is 3.66. The number of ether oxygens (including phenoxy) is 1. The van der Waals surface area contributed by atoms with Crippen molar-refractivity contribution in [1.82, 2.24) is 0 Å². The molecule has 0 spiro atoms. The quantitative estimate of drug-likeness (QED) is 0.136. The summed E-state index contributed by atoms with van der Waals surface area (Å²) >= 11 is 0. The molecule has 0 bridgehead atoms. The van der Waals surface area contributed by atoms with Crippen molar-refractivity contribution >= 4 is 34.7 Å². The third-order valence-corrected chi connectivity index (χ3v) is 10.3. The Hall–Kier alpha value is -6.86. The van der Waals surface area contributed by atoms with Crippen molar-refractivity contribution in [2.45, 2.75) is 33.6 Å². The van der Waals surface area contributed by atoms with Gasteiger partial charge in [0, 0.05) is 62.9 Å². The third-order valence-electron chi connectivity index (χ3n) is 10.3. The molecule has 0 atom stereocenters. The highest BCUT2D eigenvalue weighted by Gasteiger charge is 2.32. The molecule has 0 fully saturated rings. The van der Waals surface area contributed by atoms with Crippen LogP contribution in [0.4, 0.5) is 0 Å². The minimum atomic E-state index is -0.183. The number of carbonyl (C=O) groups excluding carboxylic acids is 6. The van der Waals surface area contributed by atoms with Gasteiger partial charge in [0.1, 0.15) is 5.75 Å². The monoisotopic (exact) mass is 724 g/mol. The van der Waals surface area contributed by atoms with Crippen LogP contribution in [0.15, 0.2) is 121 Å². The molecule has 0 amide bonds. The number of carbonyl (C=O) groups is 6. The topological polar surface area (TPSA) is 112 Å². The second-order valence-corrected chi connectivity index (χ2v) is 13.6. The van der Waals surface area contributed by atoms with Crippen LogP contribution >= 0.6 is 0 Å². The Morgan fingerprint density at radius 2 is 0.945 bits per heavy atom. The van der Waals surface area contributed by atoms with Crippen LogP contribution < -0.4 is 4.74 Å². The number of fused-ring (bicyclic) bond motifs is 6. The molecular formula is C48H36O7. The largest absolute Gasteiger partial charge is 0.496 e. The van der Waals surface area contributed by atoms with Crippen molar-refractivity contribution in [3.8, 4) is 28.0 Å². The highest BCUT2D eigenvalue weighted by molar-refractivity contribution is 6.27. The highest BCUT2D eigenvalue weighted by Crippen LogP contribution is 2.40. The van der Waals surface area contributed by atoms with E-state index in [0.29, 0.717) is 55.8 Å². The summed E-state index contributed by atoms with van der Waals surface area (Å²) < 4.78 is 5.35. The van der Waals surface area contributed by atoms with E-state index in [9.17, 15) is 28.8 Å². The van der Waals surface area contributed by atoms with Crippen LogP contribution in [0.1, 0.15) is 104 Å². The molecule has 0 saturated heterocycles. The fraction of sp³-hybridized carbons (Fsp3) is 0.125. The van der Waals surface area contributed by atoms with Crippen molar-refractivity contribution in [2.24, 2.45) is 0 Å². The second-order valence-electron chi connectivity index (χ2n) is 13.6. The Morgan fingerprint density at radius 1 is 0.491 bits per heavy atom. The van der Waals surface area contributed by atoms with Gasteiger partial charge in [-0.1, -0.05) is 103 Å². The van der Waals surface area contributed by atoms with Crippen LogP contribution in [0, 0.1) is 6.92 Å². The highest BCUT2D eigenvalue weighted by atomic mass is 16.5. The Labute approximate surface area is 318 Å². The van der Waals surface area contributed by atoms with Crippen LogP contribution in [0.5, 0.6) is 5.75 Å². The number of hydrogen-bond donors (Lipinski definition) is 0. The first-order valence-corrected chi connectivity index (χ1v) is 17.9. The fourth-order valence-electron chi connectivity index (χ4n) is 7.54. The smallest absolute Gasteiger partial charge is 0.195 e. The van der Waals surface area contributed by atoms with Gasteiger partial charge in [0.25, 0.3) is 0 Å². The molecule has 2 aliphatic carbocycles. The van der Waals surface area contributed by atoms with Gasteiger partial charge >= 0.3 is 0 Å². The lowest BCUT2D eigenvalue weighted by Crippen LogP contribution is -2.11. The number of Topliss-reactive ketones (excluding diaryl/α,β-unsaturated/α-hetero) is 4. The summed E-state index contributed by atoms with van der Waals surface area (Å²) in [5, 5.41) is 0. The Kier molecular flexibility index (Phi) is 9.87. The number of rotatable bonds is 9. The molecule has 0 aromatic heterocycles. The fourth-order valence-corrected chi connectivity index (χ4v) is 7.54. The summed E-state index contributed by atoms with van der Waals surface area (Å²) in [6.07, 6.45) is 0.206. The first-order chi connectivity index (χ1) is 26.5. The van der Waals surface area contributed by atoms with E-state index < -0.39 is 0 Å². The number of methoxy groups -OCH3 is 1. The molecule has 0 aliphatic heterocycles. The zero-order valence-corrected chi connectivity index (χ0v) is 30.8. The van der Waals surface area contributed by atoms with Crippen molar-refractivity contribution in [3.05, 3.63) is 183 Å². The molecule has 55 heavy (non-hydrogen) atoms. The van der Waals surface area contributed by atoms with Crippen molar-refractivity contribution < 1.29 is 33.5 Å². The Morgan fingerprint density at radius 3 is 1.44 bits per heavy atom. The molecule has 7 heteroatoms. The molecule has 0 heterocycles. The van der Waals surface area contributed by atoms with Gasteiger partial charge in [-0.3, -0.25) is 28.8 Å². The summed E-state index contributed by atoms with van der Waals surface area (Å²) in [6, 6.07) is 36.1. The summed E-state index contributed by atoms with van der Waals surface area (Å²) in [6.45, 7) is 4.86. The van der Waals surface area contributed by atoms with E-state index in [-0.39, 0.29) is 47.5 Å². The molecule has 7 nitrogen and oxygen atoms in total. The van der Waals surface area contributed by atoms with Gasteiger partial charge in [-0.2, -0.15) is 0 Å². The van der Waals surface area contributed by atoms with Gasteiger partial charge in [-0.15, -0.1) is 0 Å². The maximum Gasteiger partial charge on any atom is 0.195 e. The lowest BCUT2D eigenvalue weighted by Gasteiger charge is -2.11. The van der Waals surface area contributed by atoms with Crippen LogP contribution in [0.25, 0.3) is 22.3 Å².